The summed E-state index contributed by atoms with van der Waals surface area (Å²) in [5.74, 6) is -0.679. The van der Waals surface area contributed by atoms with Gasteiger partial charge >= 0.3 is 0 Å². The number of anilines is 1. The number of benzene rings is 1. The van der Waals surface area contributed by atoms with Crippen LogP contribution in [0.4, 0.5) is 5.69 Å². The predicted octanol–water partition coefficient (Wildman–Crippen LogP) is 0.788. The number of rotatable bonds is 1. The molecular weight excluding hydrogens is 204 g/mol. The first-order chi connectivity index (χ1) is 7.63. The van der Waals surface area contributed by atoms with Crippen molar-refractivity contribution in [3.8, 4) is 6.07 Å². The molecule has 0 aliphatic rings. The van der Waals surface area contributed by atoms with E-state index >= 15 is 0 Å². The monoisotopic (exact) mass is 212 g/mol. The number of carbonyl (C=O) groups is 1. The van der Waals surface area contributed by atoms with Crippen molar-refractivity contribution in [2.75, 3.05) is 5.73 Å². The molecule has 0 unspecified atom stereocenters. The zero-order chi connectivity index (χ0) is 11.7. The number of nitriles is 1. The summed E-state index contributed by atoms with van der Waals surface area (Å²) in [5, 5.41) is 9.51. The number of nitrogen functional groups attached to an aromatic ring is 1. The van der Waals surface area contributed by atoms with Crippen molar-refractivity contribution >= 4 is 22.5 Å². The van der Waals surface area contributed by atoms with E-state index in [4.69, 9.17) is 16.7 Å². The molecule has 78 valence electrons. The second-order valence-electron chi connectivity index (χ2n) is 3.27. The molecule has 5 nitrogen and oxygen atoms in total. The number of amides is 1. The molecule has 2 aromatic rings. The smallest absolute Gasteiger partial charge is 0.269 e. The van der Waals surface area contributed by atoms with Gasteiger partial charge in [-0.05, 0) is 18.2 Å². The maximum Gasteiger partial charge on any atom is 0.269 e. The van der Waals surface area contributed by atoms with Gasteiger partial charge in [-0.2, -0.15) is 5.26 Å². The van der Waals surface area contributed by atoms with Gasteiger partial charge in [0.15, 0.2) is 5.69 Å². The van der Waals surface area contributed by atoms with Gasteiger partial charge in [-0.3, -0.25) is 4.79 Å². The molecule has 16 heavy (non-hydrogen) atoms. The molecule has 0 bridgehead atoms. The standard InChI is InChI=1S/C11H8N4O/c12-5-6-2-1-3-9-7(6)4-8(13)10(15-9)11(14)16/h1-4H,13H2,(H2,14,16). The van der Waals surface area contributed by atoms with Crippen molar-refractivity contribution in [1.82, 2.24) is 4.98 Å². The Balaban J connectivity index is 2.84. The Labute approximate surface area is 91.3 Å². The summed E-state index contributed by atoms with van der Waals surface area (Å²) in [7, 11) is 0. The average molecular weight is 212 g/mol. The van der Waals surface area contributed by atoms with Gasteiger partial charge in [0, 0.05) is 5.39 Å². The van der Waals surface area contributed by atoms with Gasteiger partial charge in [0.1, 0.15) is 0 Å². The minimum atomic E-state index is -0.679. The van der Waals surface area contributed by atoms with Crippen LogP contribution in [0.3, 0.4) is 0 Å². The minimum absolute atomic E-state index is 0.0302. The van der Waals surface area contributed by atoms with Crippen LogP contribution in [0.15, 0.2) is 24.3 Å². The molecule has 1 aromatic carbocycles. The number of aromatic nitrogens is 1. The molecule has 0 radical (unpaired) electrons. The van der Waals surface area contributed by atoms with E-state index in [9.17, 15) is 4.79 Å². The number of nitrogens with two attached hydrogens (primary N) is 2. The normalized spacial score (nSPS) is 9.94. The Bertz CT molecular complexity index is 628. The lowest BCUT2D eigenvalue weighted by molar-refractivity contribution is 0.0997. The first-order valence-electron chi connectivity index (χ1n) is 4.52. The van der Waals surface area contributed by atoms with E-state index in [-0.39, 0.29) is 11.4 Å². The third-order valence-corrected chi connectivity index (χ3v) is 2.24. The molecule has 4 N–H and O–H groups in total. The van der Waals surface area contributed by atoms with Crippen LogP contribution in [0, 0.1) is 11.3 Å². The molecule has 1 amide bonds. The van der Waals surface area contributed by atoms with Crippen LogP contribution in [0.25, 0.3) is 10.9 Å². The van der Waals surface area contributed by atoms with E-state index in [1.807, 2.05) is 6.07 Å². The Kier molecular flexibility index (Phi) is 2.18. The summed E-state index contributed by atoms with van der Waals surface area (Å²) in [4.78, 5) is 15.1. The zero-order valence-corrected chi connectivity index (χ0v) is 8.27. The topological polar surface area (TPSA) is 106 Å². The maximum atomic E-state index is 11.0. The summed E-state index contributed by atoms with van der Waals surface area (Å²) in [5.41, 5.74) is 12.0. The third kappa shape index (κ3) is 1.42. The van der Waals surface area contributed by atoms with Crippen molar-refractivity contribution in [3.63, 3.8) is 0 Å². The molecule has 0 aliphatic heterocycles. The number of fused-ring (bicyclic) bond motifs is 1. The minimum Gasteiger partial charge on any atom is -0.397 e. The molecule has 1 heterocycles. The molecule has 0 saturated heterocycles. The van der Waals surface area contributed by atoms with Crippen LogP contribution in [-0.2, 0) is 0 Å². The van der Waals surface area contributed by atoms with Crippen molar-refractivity contribution in [3.05, 3.63) is 35.5 Å². The fraction of sp³-hybridized carbons (Fsp3) is 0. The maximum absolute atomic E-state index is 11.0. The number of primary amides is 1. The summed E-state index contributed by atoms with van der Waals surface area (Å²) in [6.45, 7) is 0. The summed E-state index contributed by atoms with van der Waals surface area (Å²) in [6, 6.07) is 8.62. The van der Waals surface area contributed by atoms with Crippen molar-refractivity contribution in [1.29, 1.82) is 5.26 Å². The van der Waals surface area contributed by atoms with Crippen molar-refractivity contribution in [2.45, 2.75) is 0 Å². The van der Waals surface area contributed by atoms with Crippen LogP contribution in [-0.4, -0.2) is 10.9 Å². The fourth-order valence-electron chi connectivity index (χ4n) is 1.51. The second-order valence-corrected chi connectivity index (χ2v) is 3.27. The Morgan fingerprint density at radius 2 is 2.19 bits per heavy atom. The molecule has 5 heteroatoms. The van der Waals surface area contributed by atoms with Gasteiger partial charge in [0.05, 0.1) is 22.8 Å². The van der Waals surface area contributed by atoms with Crippen molar-refractivity contribution < 1.29 is 4.79 Å². The van der Waals surface area contributed by atoms with E-state index in [1.54, 1.807) is 24.3 Å². The Morgan fingerprint density at radius 1 is 1.44 bits per heavy atom. The van der Waals surface area contributed by atoms with Gasteiger partial charge < -0.3 is 11.5 Å². The van der Waals surface area contributed by atoms with Gasteiger partial charge in [-0.15, -0.1) is 0 Å². The number of carbonyl (C=O) groups excluding carboxylic acids is 1. The summed E-state index contributed by atoms with van der Waals surface area (Å²) < 4.78 is 0. The SMILES string of the molecule is N#Cc1cccc2nc(C(N)=O)c(N)cc12. The van der Waals surface area contributed by atoms with E-state index in [1.165, 1.54) is 0 Å². The number of pyridine rings is 1. The highest BCUT2D eigenvalue weighted by Gasteiger charge is 2.10. The predicted molar refractivity (Wildman–Crippen MR) is 59.4 cm³/mol. The first kappa shape index (κ1) is 9.93. The van der Waals surface area contributed by atoms with E-state index in [0.717, 1.165) is 0 Å². The Hall–Kier alpha value is -2.61. The molecule has 0 spiro atoms. The third-order valence-electron chi connectivity index (χ3n) is 2.24. The number of hydrogen-bond donors (Lipinski definition) is 2. The largest absolute Gasteiger partial charge is 0.397 e. The van der Waals surface area contributed by atoms with E-state index in [0.29, 0.717) is 16.5 Å². The van der Waals surface area contributed by atoms with Gasteiger partial charge in [0.25, 0.3) is 5.91 Å². The highest BCUT2D eigenvalue weighted by atomic mass is 16.1. The molecule has 0 fully saturated rings. The van der Waals surface area contributed by atoms with Crippen LogP contribution >= 0.6 is 0 Å². The quantitative estimate of drug-likeness (QED) is 0.728. The molecular formula is C11H8N4O. The molecule has 0 saturated carbocycles. The fourth-order valence-corrected chi connectivity index (χ4v) is 1.51. The highest BCUT2D eigenvalue weighted by molar-refractivity contribution is 6.00. The average Bonchev–Trinajstić information content (AvgIpc) is 2.27. The van der Waals surface area contributed by atoms with Crippen LogP contribution in [0.5, 0.6) is 0 Å². The Morgan fingerprint density at radius 3 is 2.81 bits per heavy atom. The molecule has 0 atom stereocenters. The number of hydrogen-bond acceptors (Lipinski definition) is 4. The lowest BCUT2D eigenvalue weighted by atomic mass is 10.1. The van der Waals surface area contributed by atoms with Gasteiger partial charge in [-0.25, -0.2) is 4.98 Å². The van der Waals surface area contributed by atoms with E-state index in [2.05, 4.69) is 4.98 Å². The molecule has 1 aromatic heterocycles. The summed E-state index contributed by atoms with van der Waals surface area (Å²) >= 11 is 0. The van der Waals surface area contributed by atoms with E-state index < -0.39 is 5.91 Å². The zero-order valence-electron chi connectivity index (χ0n) is 8.27. The molecule has 2 rings (SSSR count). The van der Waals surface area contributed by atoms with Gasteiger partial charge in [0.2, 0.25) is 0 Å². The van der Waals surface area contributed by atoms with Gasteiger partial charge in [-0.1, -0.05) is 6.07 Å². The van der Waals surface area contributed by atoms with Crippen LogP contribution in [0.1, 0.15) is 16.1 Å². The second kappa shape index (κ2) is 3.51. The van der Waals surface area contributed by atoms with Crippen molar-refractivity contribution in [2.24, 2.45) is 5.73 Å². The highest BCUT2D eigenvalue weighted by Crippen LogP contribution is 2.21. The van der Waals surface area contributed by atoms with Crippen LogP contribution < -0.4 is 11.5 Å². The lowest BCUT2D eigenvalue weighted by Crippen LogP contribution is -2.15. The van der Waals surface area contributed by atoms with Crippen LogP contribution in [0.2, 0.25) is 0 Å². The summed E-state index contributed by atoms with van der Waals surface area (Å²) in [6.07, 6.45) is 0. The lowest BCUT2D eigenvalue weighted by Gasteiger charge is -2.04. The number of nitrogens with zero attached hydrogens (tertiary/aromatic N) is 2. The first-order valence-corrected chi connectivity index (χ1v) is 4.52. The molecule has 0 aliphatic carbocycles.